The summed E-state index contributed by atoms with van der Waals surface area (Å²) in [5, 5.41) is 12.0. The Hall–Kier alpha value is -1.76. The van der Waals surface area contributed by atoms with Crippen molar-refractivity contribution in [1.82, 2.24) is 4.98 Å². The molecule has 0 aliphatic rings. The lowest BCUT2D eigenvalue weighted by Gasteiger charge is -2.24. The molecule has 4 nitrogen and oxygen atoms in total. The summed E-state index contributed by atoms with van der Waals surface area (Å²) < 4.78 is 5.46. The molecule has 0 bridgehead atoms. The van der Waals surface area contributed by atoms with Crippen LogP contribution in [0.25, 0.3) is 0 Å². The van der Waals surface area contributed by atoms with Crippen LogP contribution in [0.15, 0.2) is 18.3 Å². The fourth-order valence-electron chi connectivity index (χ4n) is 1.59. The van der Waals surface area contributed by atoms with Crippen molar-refractivity contribution in [3.8, 4) is 11.9 Å². The molecule has 1 aromatic heterocycles. The molecule has 1 rings (SSSR count). The Morgan fingerprint density at radius 3 is 2.94 bits per heavy atom. The molecule has 0 aliphatic heterocycles. The van der Waals surface area contributed by atoms with E-state index in [9.17, 15) is 0 Å². The van der Waals surface area contributed by atoms with E-state index in [2.05, 4.69) is 30.2 Å². The van der Waals surface area contributed by atoms with Gasteiger partial charge in [0.05, 0.1) is 18.4 Å². The second-order valence-corrected chi connectivity index (χ2v) is 4.97. The SMILES string of the molecule is CCOc1ncccc1NCC(C)(C)CCC#N. The number of nitriles is 1. The first-order valence-electron chi connectivity index (χ1n) is 6.27. The standard InChI is InChI=1S/C14H21N3O/c1-4-18-13-12(7-5-10-16-13)17-11-14(2,3)8-6-9-15/h5,7,10,17H,4,6,8,11H2,1-3H3. The van der Waals surface area contributed by atoms with E-state index in [1.165, 1.54) is 0 Å². The Morgan fingerprint density at radius 2 is 2.28 bits per heavy atom. The molecule has 0 saturated heterocycles. The first kappa shape index (κ1) is 14.3. The van der Waals surface area contributed by atoms with E-state index < -0.39 is 0 Å². The number of aromatic nitrogens is 1. The van der Waals surface area contributed by atoms with E-state index in [1.54, 1.807) is 6.20 Å². The zero-order chi connectivity index (χ0) is 13.4. The molecule has 1 N–H and O–H groups in total. The summed E-state index contributed by atoms with van der Waals surface area (Å²) in [5.74, 6) is 0.635. The Labute approximate surface area is 109 Å². The Morgan fingerprint density at radius 1 is 1.50 bits per heavy atom. The smallest absolute Gasteiger partial charge is 0.237 e. The van der Waals surface area contributed by atoms with Gasteiger partial charge >= 0.3 is 0 Å². The third kappa shape index (κ3) is 4.62. The van der Waals surface area contributed by atoms with Gasteiger partial charge in [-0.2, -0.15) is 5.26 Å². The van der Waals surface area contributed by atoms with Crippen LogP contribution in [0.5, 0.6) is 5.88 Å². The fourth-order valence-corrected chi connectivity index (χ4v) is 1.59. The third-order valence-electron chi connectivity index (χ3n) is 2.72. The van der Waals surface area contributed by atoms with Gasteiger partial charge in [0.15, 0.2) is 0 Å². The molecule has 0 spiro atoms. The van der Waals surface area contributed by atoms with Crippen molar-refractivity contribution < 1.29 is 4.74 Å². The average Bonchev–Trinajstić information content (AvgIpc) is 2.36. The number of hydrogen-bond acceptors (Lipinski definition) is 4. The normalized spacial score (nSPS) is 10.8. The molecule has 0 aromatic carbocycles. The zero-order valence-corrected chi connectivity index (χ0v) is 11.4. The first-order chi connectivity index (χ1) is 8.59. The highest BCUT2D eigenvalue weighted by molar-refractivity contribution is 5.52. The minimum absolute atomic E-state index is 0.0784. The summed E-state index contributed by atoms with van der Waals surface area (Å²) >= 11 is 0. The summed E-state index contributed by atoms with van der Waals surface area (Å²) in [5.41, 5.74) is 0.985. The van der Waals surface area contributed by atoms with Crippen LogP contribution in [0.3, 0.4) is 0 Å². The van der Waals surface area contributed by atoms with Gasteiger partial charge in [-0.05, 0) is 30.9 Å². The number of rotatable bonds is 7. The van der Waals surface area contributed by atoms with Crippen LogP contribution in [0.1, 0.15) is 33.6 Å². The molecule has 0 radical (unpaired) electrons. The molecule has 18 heavy (non-hydrogen) atoms. The van der Waals surface area contributed by atoms with Gasteiger partial charge in [0, 0.05) is 19.2 Å². The highest BCUT2D eigenvalue weighted by Gasteiger charge is 2.18. The maximum Gasteiger partial charge on any atom is 0.237 e. The molecule has 98 valence electrons. The molecule has 0 fully saturated rings. The predicted octanol–water partition coefficient (Wildman–Crippen LogP) is 3.22. The van der Waals surface area contributed by atoms with Crippen molar-refractivity contribution in [3.05, 3.63) is 18.3 Å². The van der Waals surface area contributed by atoms with Gasteiger partial charge < -0.3 is 10.1 Å². The summed E-state index contributed by atoms with van der Waals surface area (Å²) in [6.45, 7) is 7.63. The maximum absolute atomic E-state index is 8.63. The van der Waals surface area contributed by atoms with E-state index in [1.807, 2.05) is 19.1 Å². The molecule has 0 unspecified atom stereocenters. The molecular weight excluding hydrogens is 226 g/mol. The number of nitrogens with one attached hydrogen (secondary N) is 1. The van der Waals surface area contributed by atoms with Crippen molar-refractivity contribution >= 4 is 5.69 Å². The number of ether oxygens (including phenoxy) is 1. The quantitative estimate of drug-likeness (QED) is 0.803. The van der Waals surface area contributed by atoms with Crippen LogP contribution in [-0.2, 0) is 0 Å². The van der Waals surface area contributed by atoms with Crippen LogP contribution in [0, 0.1) is 16.7 Å². The van der Waals surface area contributed by atoms with Crippen molar-refractivity contribution in [2.75, 3.05) is 18.5 Å². The highest BCUT2D eigenvalue weighted by atomic mass is 16.5. The van der Waals surface area contributed by atoms with Crippen LogP contribution in [0.4, 0.5) is 5.69 Å². The first-order valence-corrected chi connectivity index (χ1v) is 6.27. The molecule has 0 saturated carbocycles. The minimum atomic E-state index is 0.0784. The van der Waals surface area contributed by atoms with Gasteiger partial charge in [0.1, 0.15) is 0 Å². The number of anilines is 1. The topological polar surface area (TPSA) is 57.9 Å². The minimum Gasteiger partial charge on any atom is -0.476 e. The van der Waals surface area contributed by atoms with Crippen LogP contribution < -0.4 is 10.1 Å². The van der Waals surface area contributed by atoms with E-state index in [0.717, 1.165) is 18.7 Å². The summed E-state index contributed by atoms with van der Waals surface area (Å²) in [6.07, 6.45) is 3.18. The van der Waals surface area contributed by atoms with Crippen LogP contribution in [0.2, 0.25) is 0 Å². The summed E-state index contributed by atoms with van der Waals surface area (Å²) in [6, 6.07) is 6.03. The zero-order valence-electron chi connectivity index (χ0n) is 11.4. The van der Waals surface area contributed by atoms with Gasteiger partial charge in [-0.3, -0.25) is 0 Å². The molecule has 1 aromatic rings. The molecule has 1 heterocycles. The van der Waals surface area contributed by atoms with Gasteiger partial charge in [0.25, 0.3) is 0 Å². The third-order valence-corrected chi connectivity index (χ3v) is 2.72. The molecule has 4 heteroatoms. The average molecular weight is 247 g/mol. The van der Waals surface area contributed by atoms with Crippen LogP contribution >= 0.6 is 0 Å². The highest BCUT2D eigenvalue weighted by Crippen LogP contribution is 2.26. The second kappa shape index (κ2) is 6.85. The molecule has 0 amide bonds. The van der Waals surface area contributed by atoms with Gasteiger partial charge in [-0.25, -0.2) is 4.98 Å². The van der Waals surface area contributed by atoms with E-state index >= 15 is 0 Å². The van der Waals surface area contributed by atoms with Crippen molar-refractivity contribution in [3.63, 3.8) is 0 Å². The predicted molar refractivity (Wildman–Crippen MR) is 72.5 cm³/mol. The van der Waals surface area contributed by atoms with E-state index in [0.29, 0.717) is 18.9 Å². The number of hydrogen-bond donors (Lipinski definition) is 1. The number of pyridine rings is 1. The van der Waals surface area contributed by atoms with Crippen molar-refractivity contribution in [2.45, 2.75) is 33.6 Å². The van der Waals surface area contributed by atoms with E-state index in [4.69, 9.17) is 10.00 Å². The van der Waals surface area contributed by atoms with E-state index in [-0.39, 0.29) is 5.41 Å². The Bertz CT molecular complexity index is 410. The van der Waals surface area contributed by atoms with Gasteiger partial charge in [0.2, 0.25) is 5.88 Å². The summed E-state index contributed by atoms with van der Waals surface area (Å²) in [4.78, 5) is 4.19. The molecule has 0 aliphatic carbocycles. The maximum atomic E-state index is 8.63. The second-order valence-electron chi connectivity index (χ2n) is 4.97. The van der Waals surface area contributed by atoms with Crippen LogP contribution in [-0.4, -0.2) is 18.1 Å². The lowest BCUT2D eigenvalue weighted by molar-refractivity contribution is 0.326. The van der Waals surface area contributed by atoms with Gasteiger partial charge in [-0.15, -0.1) is 0 Å². The van der Waals surface area contributed by atoms with Crippen molar-refractivity contribution in [1.29, 1.82) is 5.26 Å². The Kier molecular flexibility index (Phi) is 5.44. The lowest BCUT2D eigenvalue weighted by atomic mass is 9.88. The summed E-state index contributed by atoms with van der Waals surface area (Å²) in [7, 11) is 0. The fraction of sp³-hybridized carbons (Fsp3) is 0.571. The van der Waals surface area contributed by atoms with Gasteiger partial charge in [-0.1, -0.05) is 13.8 Å². The number of nitrogens with zero attached hydrogens (tertiary/aromatic N) is 2. The van der Waals surface area contributed by atoms with Crippen molar-refractivity contribution in [2.24, 2.45) is 5.41 Å². The Balaban J connectivity index is 2.60. The molecule has 0 atom stereocenters. The largest absolute Gasteiger partial charge is 0.476 e. The lowest BCUT2D eigenvalue weighted by Crippen LogP contribution is -2.23. The molecular formula is C14H21N3O. The monoisotopic (exact) mass is 247 g/mol.